The van der Waals surface area contributed by atoms with Crippen LogP contribution in [0.5, 0.6) is 0 Å². The number of anilines is 1. The normalized spacial score (nSPS) is 18.3. The van der Waals surface area contributed by atoms with E-state index in [2.05, 4.69) is 9.98 Å². The number of halogens is 1. The van der Waals surface area contributed by atoms with Gasteiger partial charge in [-0.1, -0.05) is 17.7 Å². The summed E-state index contributed by atoms with van der Waals surface area (Å²) < 4.78 is 0. The zero-order valence-corrected chi connectivity index (χ0v) is 11.4. The Labute approximate surface area is 111 Å². The summed E-state index contributed by atoms with van der Waals surface area (Å²) in [5.74, 6) is 0.468. The van der Waals surface area contributed by atoms with Gasteiger partial charge in [0.05, 0.1) is 10.7 Å². The Morgan fingerprint density at radius 1 is 1.28 bits per heavy atom. The van der Waals surface area contributed by atoms with Crippen molar-refractivity contribution in [3.05, 3.63) is 28.8 Å². The average Bonchev–Trinajstić information content (AvgIpc) is 2.18. The summed E-state index contributed by atoms with van der Waals surface area (Å²) in [6.07, 6.45) is 0. The molecule has 0 radical (unpaired) electrons. The molecule has 1 aliphatic heterocycles. The minimum Gasteiger partial charge on any atom is -0.369 e. The monoisotopic (exact) mass is 265 g/mol. The Balaban J connectivity index is 2.53. The van der Waals surface area contributed by atoms with E-state index in [4.69, 9.17) is 23.1 Å². The standard InChI is InChI=1S/C12H16ClN5/c1-7-4-5-9(8(13)6-7)18-11(15)16-10(14)17-12(18,2)3/h4-6H,1-3H3,(H4,14,15,16,17). The number of nitrogens with zero attached hydrogens (tertiary/aromatic N) is 3. The lowest BCUT2D eigenvalue weighted by molar-refractivity contribution is 0.534. The van der Waals surface area contributed by atoms with Gasteiger partial charge in [0.2, 0.25) is 11.9 Å². The lowest BCUT2D eigenvalue weighted by Crippen LogP contribution is -2.54. The van der Waals surface area contributed by atoms with Gasteiger partial charge in [0, 0.05) is 0 Å². The van der Waals surface area contributed by atoms with Crippen LogP contribution >= 0.6 is 11.6 Å². The second kappa shape index (κ2) is 4.17. The van der Waals surface area contributed by atoms with Gasteiger partial charge in [-0.25, -0.2) is 4.99 Å². The lowest BCUT2D eigenvalue weighted by atomic mass is 10.1. The summed E-state index contributed by atoms with van der Waals surface area (Å²) in [7, 11) is 0. The third kappa shape index (κ3) is 2.13. The van der Waals surface area contributed by atoms with Gasteiger partial charge in [-0.15, -0.1) is 0 Å². The smallest absolute Gasteiger partial charge is 0.220 e. The van der Waals surface area contributed by atoms with Crippen molar-refractivity contribution in [2.45, 2.75) is 26.4 Å². The van der Waals surface area contributed by atoms with E-state index in [1.54, 1.807) is 4.90 Å². The lowest BCUT2D eigenvalue weighted by Gasteiger charge is -2.38. The van der Waals surface area contributed by atoms with E-state index in [0.29, 0.717) is 11.0 Å². The molecular formula is C12H16ClN5. The number of benzene rings is 1. The van der Waals surface area contributed by atoms with Crippen LogP contribution in [0.25, 0.3) is 0 Å². The summed E-state index contributed by atoms with van der Waals surface area (Å²) in [6, 6.07) is 5.74. The maximum Gasteiger partial charge on any atom is 0.220 e. The molecule has 1 aromatic rings. The maximum atomic E-state index is 6.26. The fraction of sp³-hybridized carbons (Fsp3) is 0.333. The molecule has 18 heavy (non-hydrogen) atoms. The van der Waals surface area contributed by atoms with Gasteiger partial charge < -0.3 is 11.5 Å². The molecular weight excluding hydrogens is 250 g/mol. The van der Waals surface area contributed by atoms with Crippen molar-refractivity contribution in [2.24, 2.45) is 21.5 Å². The molecule has 0 bridgehead atoms. The highest BCUT2D eigenvalue weighted by molar-refractivity contribution is 6.34. The molecule has 0 atom stereocenters. The van der Waals surface area contributed by atoms with Gasteiger partial charge in [0.15, 0.2) is 0 Å². The Hall–Kier alpha value is -1.75. The molecule has 0 aromatic heterocycles. The summed E-state index contributed by atoms with van der Waals surface area (Å²) in [5.41, 5.74) is 12.8. The van der Waals surface area contributed by atoms with Gasteiger partial charge in [-0.3, -0.25) is 4.90 Å². The first-order valence-electron chi connectivity index (χ1n) is 5.57. The molecule has 0 aliphatic carbocycles. The third-order valence-corrected chi connectivity index (χ3v) is 3.04. The second-order valence-electron chi connectivity index (χ2n) is 4.72. The van der Waals surface area contributed by atoms with E-state index >= 15 is 0 Å². The van der Waals surface area contributed by atoms with Crippen LogP contribution in [0, 0.1) is 6.92 Å². The molecule has 0 saturated carbocycles. The van der Waals surface area contributed by atoms with Crippen LogP contribution in [0.15, 0.2) is 28.2 Å². The van der Waals surface area contributed by atoms with Crippen molar-refractivity contribution in [3.8, 4) is 0 Å². The number of guanidine groups is 2. The first-order chi connectivity index (χ1) is 8.31. The third-order valence-electron chi connectivity index (χ3n) is 2.74. The minimum absolute atomic E-state index is 0.178. The van der Waals surface area contributed by atoms with Crippen molar-refractivity contribution in [3.63, 3.8) is 0 Å². The number of nitrogens with two attached hydrogens (primary N) is 2. The van der Waals surface area contributed by atoms with Gasteiger partial charge in [0.1, 0.15) is 5.66 Å². The fourth-order valence-corrected chi connectivity index (χ4v) is 2.33. The molecule has 1 aliphatic rings. The summed E-state index contributed by atoms with van der Waals surface area (Å²) in [5, 5.41) is 0.608. The fourth-order valence-electron chi connectivity index (χ4n) is 2.01. The molecule has 0 fully saturated rings. The highest BCUT2D eigenvalue weighted by atomic mass is 35.5. The molecule has 1 heterocycles. The molecule has 5 nitrogen and oxygen atoms in total. The van der Waals surface area contributed by atoms with Crippen LogP contribution in [-0.4, -0.2) is 17.6 Å². The number of hydrogen-bond acceptors (Lipinski definition) is 5. The molecule has 0 amide bonds. The predicted octanol–water partition coefficient (Wildman–Crippen LogP) is 1.83. The van der Waals surface area contributed by atoms with E-state index in [-0.39, 0.29) is 5.96 Å². The maximum absolute atomic E-state index is 6.26. The molecule has 4 N–H and O–H groups in total. The summed E-state index contributed by atoms with van der Waals surface area (Å²) in [4.78, 5) is 10.0. The van der Waals surface area contributed by atoms with Gasteiger partial charge in [0.25, 0.3) is 0 Å². The van der Waals surface area contributed by atoms with Crippen LogP contribution in [0.4, 0.5) is 5.69 Å². The second-order valence-corrected chi connectivity index (χ2v) is 5.13. The Kier molecular flexibility index (Phi) is 2.94. The molecule has 96 valence electrons. The quantitative estimate of drug-likeness (QED) is 0.813. The van der Waals surface area contributed by atoms with Crippen LogP contribution in [0.3, 0.4) is 0 Å². The van der Waals surface area contributed by atoms with Gasteiger partial charge in [-0.05, 0) is 38.5 Å². The van der Waals surface area contributed by atoms with Crippen LogP contribution in [0.1, 0.15) is 19.4 Å². The zero-order valence-electron chi connectivity index (χ0n) is 10.6. The number of aryl methyl sites for hydroxylation is 1. The van der Waals surface area contributed by atoms with Crippen LogP contribution in [0.2, 0.25) is 5.02 Å². The number of aliphatic imine (C=N–C) groups is 2. The minimum atomic E-state index is -0.616. The largest absolute Gasteiger partial charge is 0.369 e. The van der Waals surface area contributed by atoms with E-state index in [1.807, 2.05) is 39.0 Å². The Bertz CT molecular complexity index is 547. The molecule has 2 rings (SSSR count). The highest BCUT2D eigenvalue weighted by Crippen LogP contribution is 2.33. The van der Waals surface area contributed by atoms with Crippen LogP contribution < -0.4 is 16.4 Å². The van der Waals surface area contributed by atoms with E-state index in [0.717, 1.165) is 11.3 Å². The van der Waals surface area contributed by atoms with Crippen molar-refractivity contribution in [2.75, 3.05) is 4.90 Å². The first kappa shape index (κ1) is 12.7. The molecule has 0 unspecified atom stereocenters. The molecule has 1 aromatic carbocycles. The van der Waals surface area contributed by atoms with Crippen molar-refractivity contribution in [1.29, 1.82) is 0 Å². The number of hydrogen-bond donors (Lipinski definition) is 2. The van der Waals surface area contributed by atoms with Crippen molar-refractivity contribution < 1.29 is 0 Å². The van der Waals surface area contributed by atoms with E-state index < -0.39 is 5.66 Å². The first-order valence-corrected chi connectivity index (χ1v) is 5.95. The van der Waals surface area contributed by atoms with Crippen LogP contribution in [-0.2, 0) is 0 Å². The van der Waals surface area contributed by atoms with Gasteiger partial charge in [-0.2, -0.15) is 4.99 Å². The van der Waals surface area contributed by atoms with E-state index in [1.165, 1.54) is 0 Å². The van der Waals surface area contributed by atoms with E-state index in [9.17, 15) is 0 Å². The molecule has 0 spiro atoms. The van der Waals surface area contributed by atoms with Crippen molar-refractivity contribution in [1.82, 2.24) is 0 Å². The Morgan fingerprint density at radius 3 is 2.50 bits per heavy atom. The summed E-state index contributed by atoms with van der Waals surface area (Å²) in [6.45, 7) is 5.78. The highest BCUT2D eigenvalue weighted by Gasteiger charge is 2.33. The SMILES string of the molecule is Cc1ccc(N2C(N)=NC(N)=NC2(C)C)c(Cl)c1. The predicted molar refractivity (Wildman–Crippen MR) is 76.0 cm³/mol. The Morgan fingerprint density at radius 2 is 1.94 bits per heavy atom. The topological polar surface area (TPSA) is 80.0 Å². The average molecular weight is 266 g/mol. The summed E-state index contributed by atoms with van der Waals surface area (Å²) >= 11 is 6.26. The molecule has 0 saturated heterocycles. The van der Waals surface area contributed by atoms with Crippen molar-refractivity contribution >= 4 is 29.2 Å². The zero-order chi connectivity index (χ0) is 13.5. The molecule has 6 heteroatoms. The number of rotatable bonds is 1. The van der Waals surface area contributed by atoms with Gasteiger partial charge >= 0.3 is 0 Å².